The molecule has 6 nitrogen and oxygen atoms in total. The number of hydrogen-bond donors (Lipinski definition) is 2. The van der Waals surface area contributed by atoms with Gasteiger partial charge in [0.1, 0.15) is 11.5 Å². The van der Waals surface area contributed by atoms with Crippen molar-refractivity contribution in [3.05, 3.63) is 17.2 Å². The van der Waals surface area contributed by atoms with E-state index in [4.69, 9.17) is 4.74 Å². The SMILES string of the molecule is COCCN1CCC(c2nc3c([nH]2)CCCNC3=O)CC1. The van der Waals surface area contributed by atoms with Gasteiger partial charge in [0.25, 0.3) is 5.91 Å². The van der Waals surface area contributed by atoms with Crippen LogP contribution in [0.2, 0.25) is 0 Å². The average molecular weight is 292 g/mol. The molecule has 0 aromatic carbocycles. The van der Waals surface area contributed by atoms with E-state index in [1.807, 2.05) is 0 Å². The van der Waals surface area contributed by atoms with E-state index < -0.39 is 0 Å². The van der Waals surface area contributed by atoms with Crippen molar-refractivity contribution < 1.29 is 9.53 Å². The Bertz CT molecular complexity index is 492. The highest BCUT2D eigenvalue weighted by atomic mass is 16.5. The summed E-state index contributed by atoms with van der Waals surface area (Å²) >= 11 is 0. The Morgan fingerprint density at radius 1 is 1.38 bits per heavy atom. The molecular weight excluding hydrogens is 268 g/mol. The number of piperidine rings is 1. The molecule has 1 saturated heterocycles. The number of rotatable bonds is 4. The highest BCUT2D eigenvalue weighted by Gasteiger charge is 2.26. The Hall–Kier alpha value is -1.40. The summed E-state index contributed by atoms with van der Waals surface area (Å²) in [6.07, 6.45) is 4.08. The second-order valence-electron chi connectivity index (χ2n) is 5.92. The van der Waals surface area contributed by atoms with Gasteiger partial charge >= 0.3 is 0 Å². The maximum atomic E-state index is 12.0. The molecule has 0 unspecified atom stereocenters. The minimum Gasteiger partial charge on any atom is -0.383 e. The lowest BCUT2D eigenvalue weighted by Gasteiger charge is -2.30. The van der Waals surface area contributed by atoms with Crippen LogP contribution >= 0.6 is 0 Å². The standard InChI is InChI=1S/C15H24N4O2/c1-21-10-9-19-7-4-11(5-8-19)14-17-12-3-2-6-16-15(20)13(12)18-14/h11H,2-10H2,1H3,(H,16,20)(H,17,18). The van der Waals surface area contributed by atoms with Crippen LogP contribution < -0.4 is 5.32 Å². The number of nitrogens with one attached hydrogen (secondary N) is 2. The third-order valence-electron chi connectivity index (χ3n) is 4.49. The van der Waals surface area contributed by atoms with Crippen LogP contribution in [0.5, 0.6) is 0 Å². The Morgan fingerprint density at radius 3 is 2.95 bits per heavy atom. The van der Waals surface area contributed by atoms with Gasteiger partial charge in [0.15, 0.2) is 0 Å². The van der Waals surface area contributed by atoms with Crippen LogP contribution in [0.15, 0.2) is 0 Å². The molecule has 3 heterocycles. The summed E-state index contributed by atoms with van der Waals surface area (Å²) in [7, 11) is 1.74. The third kappa shape index (κ3) is 3.27. The maximum Gasteiger partial charge on any atom is 0.271 e. The largest absolute Gasteiger partial charge is 0.383 e. The molecule has 0 radical (unpaired) electrons. The highest BCUT2D eigenvalue weighted by Crippen LogP contribution is 2.27. The molecule has 1 amide bonds. The van der Waals surface area contributed by atoms with Gasteiger partial charge in [-0.1, -0.05) is 0 Å². The van der Waals surface area contributed by atoms with Crippen molar-refractivity contribution in [2.75, 3.05) is 39.9 Å². The fraction of sp³-hybridized carbons (Fsp3) is 0.733. The first-order valence-corrected chi connectivity index (χ1v) is 7.86. The number of amides is 1. The lowest BCUT2D eigenvalue weighted by Crippen LogP contribution is -2.35. The van der Waals surface area contributed by atoms with Crippen molar-refractivity contribution in [2.24, 2.45) is 0 Å². The van der Waals surface area contributed by atoms with E-state index >= 15 is 0 Å². The number of nitrogens with zero attached hydrogens (tertiary/aromatic N) is 2. The lowest BCUT2D eigenvalue weighted by molar-refractivity contribution is 0.0951. The number of likely N-dealkylation sites (tertiary alicyclic amines) is 1. The molecule has 0 spiro atoms. The summed E-state index contributed by atoms with van der Waals surface area (Å²) in [5.74, 6) is 1.43. The second kappa shape index (κ2) is 6.58. The van der Waals surface area contributed by atoms with Crippen molar-refractivity contribution >= 4 is 5.91 Å². The van der Waals surface area contributed by atoms with Crippen LogP contribution in [0, 0.1) is 0 Å². The molecule has 0 saturated carbocycles. The molecule has 21 heavy (non-hydrogen) atoms. The van der Waals surface area contributed by atoms with Gasteiger partial charge in [-0.3, -0.25) is 4.79 Å². The zero-order chi connectivity index (χ0) is 14.7. The number of imidazole rings is 1. The lowest BCUT2D eigenvalue weighted by atomic mass is 9.96. The molecule has 0 atom stereocenters. The predicted octanol–water partition coefficient (Wildman–Crippen LogP) is 0.911. The van der Waals surface area contributed by atoms with Crippen molar-refractivity contribution in [3.8, 4) is 0 Å². The molecular formula is C15H24N4O2. The zero-order valence-electron chi connectivity index (χ0n) is 12.7. The molecule has 2 N–H and O–H groups in total. The van der Waals surface area contributed by atoms with E-state index in [1.165, 1.54) is 0 Å². The topological polar surface area (TPSA) is 70.2 Å². The second-order valence-corrected chi connectivity index (χ2v) is 5.92. The summed E-state index contributed by atoms with van der Waals surface area (Å²) in [4.78, 5) is 22.4. The Balaban J connectivity index is 1.63. The molecule has 1 aromatic rings. The molecule has 1 fully saturated rings. The minimum atomic E-state index is -0.0254. The van der Waals surface area contributed by atoms with Crippen LogP contribution in [-0.2, 0) is 11.2 Å². The van der Waals surface area contributed by atoms with Gasteiger partial charge in [-0.2, -0.15) is 0 Å². The van der Waals surface area contributed by atoms with E-state index in [1.54, 1.807) is 7.11 Å². The summed E-state index contributed by atoms with van der Waals surface area (Å²) in [6.45, 7) is 4.69. The van der Waals surface area contributed by atoms with Gasteiger partial charge in [-0.15, -0.1) is 0 Å². The van der Waals surface area contributed by atoms with Crippen LogP contribution in [0.25, 0.3) is 0 Å². The molecule has 6 heteroatoms. The van der Waals surface area contributed by atoms with E-state index in [0.717, 1.165) is 70.0 Å². The van der Waals surface area contributed by atoms with Crippen molar-refractivity contribution in [2.45, 2.75) is 31.6 Å². The third-order valence-corrected chi connectivity index (χ3v) is 4.49. The number of carbonyl (C=O) groups excluding carboxylic acids is 1. The summed E-state index contributed by atoms with van der Waals surface area (Å²) in [5, 5.41) is 2.90. The molecule has 2 aliphatic heterocycles. The number of aryl methyl sites for hydroxylation is 1. The monoisotopic (exact) mass is 292 g/mol. The maximum absolute atomic E-state index is 12.0. The molecule has 1 aromatic heterocycles. The number of methoxy groups -OCH3 is 1. The number of hydrogen-bond acceptors (Lipinski definition) is 4. The van der Waals surface area contributed by atoms with E-state index in [0.29, 0.717) is 11.6 Å². The summed E-state index contributed by atoms with van der Waals surface area (Å²) in [5.41, 5.74) is 1.63. The highest BCUT2D eigenvalue weighted by molar-refractivity contribution is 5.93. The first-order chi connectivity index (χ1) is 10.3. The molecule has 3 rings (SSSR count). The van der Waals surface area contributed by atoms with E-state index in [9.17, 15) is 4.79 Å². The molecule has 0 aliphatic carbocycles. The first-order valence-electron chi connectivity index (χ1n) is 7.86. The number of fused-ring (bicyclic) bond motifs is 1. The van der Waals surface area contributed by atoms with Gasteiger partial charge in [-0.25, -0.2) is 4.98 Å². The Morgan fingerprint density at radius 2 is 2.19 bits per heavy atom. The summed E-state index contributed by atoms with van der Waals surface area (Å²) in [6, 6.07) is 0. The quantitative estimate of drug-likeness (QED) is 0.865. The van der Waals surface area contributed by atoms with Crippen LogP contribution in [0.1, 0.15) is 47.2 Å². The minimum absolute atomic E-state index is 0.0254. The summed E-state index contributed by atoms with van der Waals surface area (Å²) < 4.78 is 5.13. The Labute approximate surface area is 125 Å². The van der Waals surface area contributed by atoms with Crippen LogP contribution in [-0.4, -0.2) is 60.7 Å². The fourth-order valence-electron chi connectivity index (χ4n) is 3.19. The van der Waals surface area contributed by atoms with Gasteiger partial charge in [-0.05, 0) is 38.8 Å². The predicted molar refractivity (Wildman–Crippen MR) is 79.5 cm³/mol. The first kappa shape index (κ1) is 14.5. The van der Waals surface area contributed by atoms with Gasteiger partial charge in [0.2, 0.25) is 0 Å². The number of aromatic amines is 1. The van der Waals surface area contributed by atoms with Gasteiger partial charge < -0.3 is 19.9 Å². The number of H-pyrrole nitrogens is 1. The number of aromatic nitrogens is 2. The van der Waals surface area contributed by atoms with Crippen molar-refractivity contribution in [1.82, 2.24) is 20.2 Å². The van der Waals surface area contributed by atoms with Crippen LogP contribution in [0.3, 0.4) is 0 Å². The van der Waals surface area contributed by atoms with Gasteiger partial charge in [0, 0.05) is 31.8 Å². The number of ether oxygens (including phenoxy) is 1. The smallest absolute Gasteiger partial charge is 0.271 e. The average Bonchev–Trinajstić information content (AvgIpc) is 2.87. The number of carbonyl (C=O) groups is 1. The molecule has 116 valence electrons. The van der Waals surface area contributed by atoms with E-state index in [-0.39, 0.29) is 5.91 Å². The normalized spacial score (nSPS) is 20.9. The van der Waals surface area contributed by atoms with Crippen molar-refractivity contribution in [3.63, 3.8) is 0 Å². The van der Waals surface area contributed by atoms with Crippen molar-refractivity contribution in [1.29, 1.82) is 0 Å². The molecule has 2 aliphatic rings. The van der Waals surface area contributed by atoms with Gasteiger partial charge in [0.05, 0.1) is 6.61 Å². The molecule has 0 bridgehead atoms. The zero-order valence-corrected chi connectivity index (χ0v) is 12.7. The Kier molecular flexibility index (Phi) is 4.55. The fourth-order valence-corrected chi connectivity index (χ4v) is 3.19. The van der Waals surface area contributed by atoms with E-state index in [2.05, 4.69) is 20.2 Å². The van der Waals surface area contributed by atoms with Crippen LogP contribution in [0.4, 0.5) is 0 Å².